The van der Waals surface area contributed by atoms with Crippen LogP contribution in [0.3, 0.4) is 0 Å². The fourth-order valence-electron chi connectivity index (χ4n) is 3.14. The van der Waals surface area contributed by atoms with Crippen LogP contribution in [-0.2, 0) is 9.53 Å². The molecule has 1 aromatic carbocycles. The van der Waals surface area contributed by atoms with E-state index >= 15 is 0 Å². The lowest BCUT2D eigenvalue weighted by molar-refractivity contribution is -0.132. The number of hydrogen-bond donors (Lipinski definition) is 1. The van der Waals surface area contributed by atoms with Gasteiger partial charge in [-0.2, -0.15) is 0 Å². The van der Waals surface area contributed by atoms with Gasteiger partial charge in [0.15, 0.2) is 6.10 Å². The van der Waals surface area contributed by atoms with E-state index in [1.807, 2.05) is 43.3 Å². The summed E-state index contributed by atoms with van der Waals surface area (Å²) in [6, 6.07) is 12.9. The van der Waals surface area contributed by atoms with Crippen LogP contribution in [0.2, 0.25) is 0 Å². The van der Waals surface area contributed by atoms with E-state index in [9.17, 15) is 9.59 Å². The van der Waals surface area contributed by atoms with Gasteiger partial charge >= 0.3 is 0 Å². The lowest BCUT2D eigenvalue weighted by Crippen LogP contribution is -2.41. The molecule has 2 amide bonds. The smallest absolute Gasteiger partial charge is 0.255 e. The molecule has 1 aromatic heterocycles. The highest BCUT2D eigenvalue weighted by Gasteiger charge is 2.30. The Morgan fingerprint density at radius 3 is 2.65 bits per heavy atom. The van der Waals surface area contributed by atoms with Crippen LogP contribution in [0.1, 0.15) is 34.1 Å². The Balaban J connectivity index is 1.59. The lowest BCUT2D eigenvalue weighted by Gasteiger charge is -2.20. The number of nitrogens with one attached hydrogen (secondary N) is 1. The Hall–Kier alpha value is -2.73. The number of aromatic nitrogens is 1. The SMILES string of the molecule is CO[C@@H](C(=O)N[C@@H]1CCN(C(=O)c2ccc(C)nc2)C1)c1ccccc1. The summed E-state index contributed by atoms with van der Waals surface area (Å²) < 4.78 is 5.36. The van der Waals surface area contributed by atoms with E-state index in [4.69, 9.17) is 4.74 Å². The molecule has 1 aliphatic rings. The van der Waals surface area contributed by atoms with Gasteiger partial charge in [-0.1, -0.05) is 30.3 Å². The van der Waals surface area contributed by atoms with Gasteiger partial charge in [-0.25, -0.2) is 0 Å². The monoisotopic (exact) mass is 353 g/mol. The molecule has 1 aliphatic heterocycles. The first-order valence-electron chi connectivity index (χ1n) is 8.68. The predicted molar refractivity (Wildman–Crippen MR) is 97.6 cm³/mol. The van der Waals surface area contributed by atoms with Crippen molar-refractivity contribution < 1.29 is 14.3 Å². The number of aryl methyl sites for hydroxylation is 1. The van der Waals surface area contributed by atoms with Gasteiger partial charge in [-0.05, 0) is 31.0 Å². The molecule has 136 valence electrons. The van der Waals surface area contributed by atoms with Crippen molar-refractivity contribution in [1.29, 1.82) is 0 Å². The summed E-state index contributed by atoms with van der Waals surface area (Å²) in [6.45, 7) is 2.99. The van der Waals surface area contributed by atoms with Crippen LogP contribution in [0.4, 0.5) is 0 Å². The lowest BCUT2D eigenvalue weighted by atomic mass is 10.1. The number of carbonyl (C=O) groups excluding carboxylic acids is 2. The third-order valence-corrected chi connectivity index (χ3v) is 4.56. The molecule has 0 unspecified atom stereocenters. The highest BCUT2D eigenvalue weighted by molar-refractivity contribution is 5.94. The minimum absolute atomic E-state index is 0.0550. The number of pyridine rings is 1. The van der Waals surface area contributed by atoms with Gasteiger partial charge in [0.1, 0.15) is 0 Å². The maximum absolute atomic E-state index is 12.6. The van der Waals surface area contributed by atoms with Gasteiger partial charge in [0.2, 0.25) is 0 Å². The van der Waals surface area contributed by atoms with Gasteiger partial charge in [0, 0.05) is 38.1 Å². The molecule has 1 saturated heterocycles. The van der Waals surface area contributed by atoms with E-state index in [0.29, 0.717) is 18.7 Å². The molecule has 0 bridgehead atoms. The molecule has 6 nitrogen and oxygen atoms in total. The van der Waals surface area contributed by atoms with Gasteiger partial charge in [0.05, 0.1) is 5.56 Å². The molecular weight excluding hydrogens is 330 g/mol. The molecule has 0 radical (unpaired) electrons. The topological polar surface area (TPSA) is 71.5 Å². The molecule has 26 heavy (non-hydrogen) atoms. The standard InChI is InChI=1S/C20H23N3O3/c1-14-8-9-16(12-21-14)20(25)23-11-10-17(13-23)22-19(24)18(26-2)15-6-4-3-5-7-15/h3-9,12,17-18H,10-11,13H2,1-2H3,(H,22,24)/t17-,18-/m1/s1. The summed E-state index contributed by atoms with van der Waals surface area (Å²) in [6.07, 6.45) is 1.67. The van der Waals surface area contributed by atoms with Crippen molar-refractivity contribution in [3.05, 3.63) is 65.5 Å². The average Bonchev–Trinajstić information content (AvgIpc) is 3.11. The second kappa shape index (κ2) is 8.10. The summed E-state index contributed by atoms with van der Waals surface area (Å²) >= 11 is 0. The van der Waals surface area contributed by atoms with Crippen molar-refractivity contribution in [3.8, 4) is 0 Å². The number of methoxy groups -OCH3 is 1. The summed E-state index contributed by atoms with van der Waals surface area (Å²) in [7, 11) is 1.52. The Morgan fingerprint density at radius 1 is 1.23 bits per heavy atom. The first kappa shape index (κ1) is 18.1. The van der Waals surface area contributed by atoms with Crippen molar-refractivity contribution in [2.45, 2.75) is 25.5 Å². The van der Waals surface area contributed by atoms with E-state index in [2.05, 4.69) is 10.3 Å². The average molecular weight is 353 g/mol. The van der Waals surface area contributed by atoms with Crippen molar-refractivity contribution in [2.24, 2.45) is 0 Å². The van der Waals surface area contributed by atoms with E-state index in [-0.39, 0.29) is 17.9 Å². The number of carbonyl (C=O) groups is 2. The maximum Gasteiger partial charge on any atom is 0.255 e. The fourth-order valence-corrected chi connectivity index (χ4v) is 3.14. The zero-order chi connectivity index (χ0) is 18.5. The van der Waals surface area contributed by atoms with E-state index in [1.54, 1.807) is 17.2 Å². The van der Waals surface area contributed by atoms with E-state index in [1.165, 1.54) is 7.11 Å². The van der Waals surface area contributed by atoms with Gasteiger partial charge in [-0.15, -0.1) is 0 Å². The molecule has 2 atom stereocenters. The second-order valence-corrected chi connectivity index (χ2v) is 6.46. The highest BCUT2D eigenvalue weighted by Crippen LogP contribution is 2.19. The molecule has 0 saturated carbocycles. The van der Waals surface area contributed by atoms with Crippen LogP contribution in [0, 0.1) is 6.92 Å². The third-order valence-electron chi connectivity index (χ3n) is 4.56. The summed E-state index contributed by atoms with van der Waals surface area (Å²) in [5.74, 6) is -0.240. The highest BCUT2D eigenvalue weighted by atomic mass is 16.5. The normalized spacial score (nSPS) is 17.8. The second-order valence-electron chi connectivity index (χ2n) is 6.46. The van der Waals surface area contributed by atoms with Crippen LogP contribution in [0.25, 0.3) is 0 Å². The molecule has 0 aliphatic carbocycles. The minimum atomic E-state index is -0.651. The molecule has 0 spiro atoms. The quantitative estimate of drug-likeness (QED) is 0.894. The molecular formula is C20H23N3O3. The van der Waals surface area contributed by atoms with Crippen LogP contribution < -0.4 is 5.32 Å². The summed E-state index contributed by atoms with van der Waals surface area (Å²) in [5.41, 5.74) is 2.26. The van der Waals surface area contributed by atoms with Crippen molar-refractivity contribution >= 4 is 11.8 Å². The van der Waals surface area contributed by atoms with Gasteiger partial charge < -0.3 is 15.0 Å². The summed E-state index contributed by atoms with van der Waals surface area (Å²) in [5, 5.41) is 3.00. The van der Waals surface area contributed by atoms with Crippen LogP contribution in [0.5, 0.6) is 0 Å². The van der Waals surface area contributed by atoms with Crippen molar-refractivity contribution in [2.75, 3.05) is 20.2 Å². The van der Waals surface area contributed by atoms with Gasteiger partial charge in [0.25, 0.3) is 11.8 Å². The first-order chi connectivity index (χ1) is 12.6. The number of likely N-dealkylation sites (tertiary alicyclic amines) is 1. The van der Waals surface area contributed by atoms with Crippen molar-refractivity contribution in [1.82, 2.24) is 15.2 Å². The molecule has 2 heterocycles. The van der Waals surface area contributed by atoms with E-state index in [0.717, 1.165) is 17.7 Å². The molecule has 1 N–H and O–H groups in total. The molecule has 1 fully saturated rings. The maximum atomic E-state index is 12.6. The molecule has 3 rings (SSSR count). The van der Waals surface area contributed by atoms with Gasteiger partial charge in [-0.3, -0.25) is 14.6 Å². The third kappa shape index (κ3) is 4.08. The number of hydrogen-bond acceptors (Lipinski definition) is 4. The van der Waals surface area contributed by atoms with Crippen LogP contribution >= 0.6 is 0 Å². The Kier molecular flexibility index (Phi) is 5.63. The predicted octanol–water partition coefficient (Wildman–Crippen LogP) is 2.11. The zero-order valence-electron chi connectivity index (χ0n) is 15.0. The Labute approximate surface area is 153 Å². The van der Waals surface area contributed by atoms with Crippen LogP contribution in [-0.4, -0.2) is 47.9 Å². The number of rotatable bonds is 5. The van der Waals surface area contributed by atoms with E-state index < -0.39 is 6.10 Å². The molecule has 6 heteroatoms. The molecule has 2 aromatic rings. The van der Waals surface area contributed by atoms with Crippen molar-refractivity contribution in [3.63, 3.8) is 0 Å². The van der Waals surface area contributed by atoms with Crippen LogP contribution in [0.15, 0.2) is 48.7 Å². The number of benzene rings is 1. The largest absolute Gasteiger partial charge is 0.367 e. The number of ether oxygens (including phenoxy) is 1. The first-order valence-corrected chi connectivity index (χ1v) is 8.68. The minimum Gasteiger partial charge on any atom is -0.367 e. The summed E-state index contributed by atoms with van der Waals surface area (Å²) in [4.78, 5) is 31.0. The zero-order valence-corrected chi connectivity index (χ0v) is 15.0. The number of nitrogens with zero attached hydrogens (tertiary/aromatic N) is 2. The number of amides is 2. The Morgan fingerprint density at radius 2 is 2.00 bits per heavy atom. The fraction of sp³-hybridized carbons (Fsp3) is 0.350. The Bertz CT molecular complexity index is 762.